The third kappa shape index (κ3) is 5.35. The minimum Gasteiger partial charge on any atom is -0.494 e. The molecule has 0 radical (unpaired) electrons. The average Bonchev–Trinajstić information content (AvgIpc) is 2.78. The largest absolute Gasteiger partial charge is 0.494 e. The summed E-state index contributed by atoms with van der Waals surface area (Å²) in [6, 6.07) is 26.3. The van der Waals surface area contributed by atoms with E-state index in [1.54, 1.807) is 0 Å². The van der Waals surface area contributed by atoms with Gasteiger partial charge >= 0.3 is 0 Å². The van der Waals surface area contributed by atoms with Crippen LogP contribution in [0.2, 0.25) is 0 Å². The monoisotopic (exact) mass is 537 g/mol. The number of aliphatic imine (C=N–C) groups is 1. The Morgan fingerprint density at radius 1 is 0.839 bits per heavy atom. The lowest BCUT2D eigenvalue weighted by atomic mass is 10.1. The van der Waals surface area contributed by atoms with E-state index in [0.29, 0.717) is 13.2 Å². The number of hydrogen-bond acceptors (Lipinski definition) is 3. The van der Waals surface area contributed by atoms with Crippen LogP contribution >= 0.6 is 31.9 Å². The zero-order chi connectivity index (χ0) is 21.6. The third-order valence-corrected chi connectivity index (χ3v) is 5.96. The fourth-order valence-corrected chi connectivity index (χ4v) is 4.76. The summed E-state index contributed by atoms with van der Waals surface area (Å²) in [5.41, 5.74) is 2.98. The van der Waals surface area contributed by atoms with Crippen molar-refractivity contribution in [3.05, 3.63) is 98.9 Å². The van der Waals surface area contributed by atoms with Gasteiger partial charge in [0.25, 0.3) is 0 Å². The van der Waals surface area contributed by atoms with Crippen LogP contribution in [0.25, 0.3) is 10.8 Å². The van der Waals surface area contributed by atoms with Crippen LogP contribution in [0.4, 0.5) is 5.69 Å². The van der Waals surface area contributed by atoms with Crippen LogP contribution in [0.1, 0.15) is 18.1 Å². The maximum Gasteiger partial charge on any atom is 0.148 e. The van der Waals surface area contributed by atoms with Crippen LogP contribution in [0.5, 0.6) is 11.5 Å². The molecule has 0 aliphatic carbocycles. The highest BCUT2D eigenvalue weighted by Gasteiger charge is 2.10. The first-order valence-electron chi connectivity index (χ1n) is 9.99. The second-order valence-corrected chi connectivity index (χ2v) is 8.63. The van der Waals surface area contributed by atoms with Crippen LogP contribution in [-0.2, 0) is 6.61 Å². The average molecular weight is 539 g/mol. The van der Waals surface area contributed by atoms with Crippen molar-refractivity contribution in [3.63, 3.8) is 0 Å². The number of halogens is 2. The highest BCUT2D eigenvalue weighted by molar-refractivity contribution is 9.11. The van der Waals surface area contributed by atoms with Crippen molar-refractivity contribution >= 4 is 54.5 Å². The van der Waals surface area contributed by atoms with E-state index < -0.39 is 0 Å². The van der Waals surface area contributed by atoms with Crippen molar-refractivity contribution in [1.82, 2.24) is 0 Å². The normalized spacial score (nSPS) is 11.2. The van der Waals surface area contributed by atoms with Gasteiger partial charge < -0.3 is 9.47 Å². The molecule has 156 valence electrons. The van der Waals surface area contributed by atoms with E-state index in [-0.39, 0.29) is 0 Å². The van der Waals surface area contributed by atoms with Gasteiger partial charge in [-0.05, 0) is 97.1 Å². The molecule has 0 spiro atoms. The number of ether oxygens (including phenoxy) is 2. The van der Waals surface area contributed by atoms with Crippen molar-refractivity contribution < 1.29 is 9.47 Å². The minimum atomic E-state index is 0.484. The first-order valence-corrected chi connectivity index (χ1v) is 11.6. The molecule has 0 heterocycles. The maximum atomic E-state index is 6.16. The molecule has 4 rings (SSSR count). The molecular weight excluding hydrogens is 518 g/mol. The summed E-state index contributed by atoms with van der Waals surface area (Å²) < 4.78 is 13.4. The SMILES string of the molecule is CCOc1ccc(N=Cc2cc(Br)c(OCc3cccc4ccccc34)c(Br)c2)cc1. The minimum absolute atomic E-state index is 0.484. The Morgan fingerprint density at radius 2 is 1.55 bits per heavy atom. The Bertz CT molecular complexity index is 1190. The smallest absolute Gasteiger partial charge is 0.148 e. The van der Waals surface area contributed by atoms with E-state index in [4.69, 9.17) is 9.47 Å². The first-order chi connectivity index (χ1) is 15.1. The molecule has 4 aromatic carbocycles. The van der Waals surface area contributed by atoms with Crippen LogP contribution in [0.15, 0.2) is 92.8 Å². The Kier molecular flexibility index (Phi) is 7.05. The van der Waals surface area contributed by atoms with Gasteiger partial charge in [0.05, 0.1) is 21.2 Å². The molecule has 0 unspecified atom stereocenters. The van der Waals surface area contributed by atoms with Crippen molar-refractivity contribution in [2.24, 2.45) is 4.99 Å². The molecule has 4 aromatic rings. The molecular formula is C26H21Br2NO2. The van der Waals surface area contributed by atoms with Gasteiger partial charge in [0.15, 0.2) is 0 Å². The van der Waals surface area contributed by atoms with Gasteiger partial charge in [-0.3, -0.25) is 4.99 Å². The molecule has 0 aliphatic rings. The zero-order valence-corrected chi connectivity index (χ0v) is 20.2. The summed E-state index contributed by atoms with van der Waals surface area (Å²) in [4.78, 5) is 4.55. The topological polar surface area (TPSA) is 30.8 Å². The predicted molar refractivity (Wildman–Crippen MR) is 135 cm³/mol. The van der Waals surface area contributed by atoms with Crippen molar-refractivity contribution in [2.45, 2.75) is 13.5 Å². The summed E-state index contributed by atoms with van der Waals surface area (Å²) in [6.07, 6.45) is 1.83. The summed E-state index contributed by atoms with van der Waals surface area (Å²) in [6.45, 7) is 3.11. The Labute approximate surface area is 199 Å². The second kappa shape index (κ2) is 10.1. The fourth-order valence-electron chi connectivity index (χ4n) is 3.30. The number of hydrogen-bond donors (Lipinski definition) is 0. The maximum absolute atomic E-state index is 6.16. The van der Waals surface area contributed by atoms with Crippen molar-refractivity contribution in [3.8, 4) is 11.5 Å². The number of fused-ring (bicyclic) bond motifs is 1. The lowest BCUT2D eigenvalue weighted by Crippen LogP contribution is -1.98. The van der Waals surface area contributed by atoms with Crippen LogP contribution in [0, 0.1) is 0 Å². The van der Waals surface area contributed by atoms with E-state index in [1.165, 1.54) is 10.8 Å². The molecule has 0 N–H and O–H groups in total. The second-order valence-electron chi connectivity index (χ2n) is 6.93. The highest BCUT2D eigenvalue weighted by atomic mass is 79.9. The molecule has 31 heavy (non-hydrogen) atoms. The van der Waals surface area contributed by atoms with Gasteiger partial charge in [-0.15, -0.1) is 0 Å². The summed E-state index contributed by atoms with van der Waals surface area (Å²) in [5.74, 6) is 1.62. The van der Waals surface area contributed by atoms with Gasteiger partial charge in [-0.2, -0.15) is 0 Å². The van der Waals surface area contributed by atoms with Gasteiger partial charge in [-0.25, -0.2) is 0 Å². The molecule has 0 saturated heterocycles. The molecule has 0 amide bonds. The van der Waals surface area contributed by atoms with Gasteiger partial charge in [0.1, 0.15) is 18.1 Å². The molecule has 0 aromatic heterocycles. The van der Waals surface area contributed by atoms with E-state index >= 15 is 0 Å². The van der Waals surface area contributed by atoms with Gasteiger partial charge in [-0.1, -0.05) is 42.5 Å². The summed E-state index contributed by atoms with van der Waals surface area (Å²) in [7, 11) is 0. The highest BCUT2D eigenvalue weighted by Crippen LogP contribution is 2.35. The molecule has 5 heteroatoms. The van der Waals surface area contributed by atoms with Gasteiger partial charge in [0.2, 0.25) is 0 Å². The lowest BCUT2D eigenvalue weighted by Gasteiger charge is -2.13. The van der Waals surface area contributed by atoms with Crippen molar-refractivity contribution in [1.29, 1.82) is 0 Å². The number of rotatable bonds is 7. The molecule has 0 saturated carbocycles. The predicted octanol–water partition coefficient (Wildman–Crippen LogP) is 8.09. The molecule has 0 fully saturated rings. The standard InChI is InChI=1S/C26H21Br2NO2/c1-2-30-22-12-10-21(11-13-22)29-16-18-14-24(27)26(25(28)15-18)31-17-20-8-5-7-19-6-3-4-9-23(19)20/h3-16H,2,17H2,1H3. The van der Waals surface area contributed by atoms with Crippen LogP contribution < -0.4 is 9.47 Å². The Morgan fingerprint density at radius 3 is 2.29 bits per heavy atom. The quantitative estimate of drug-likeness (QED) is 0.222. The van der Waals surface area contributed by atoms with E-state index in [0.717, 1.165) is 37.3 Å². The number of benzene rings is 4. The molecule has 0 bridgehead atoms. The van der Waals surface area contributed by atoms with Crippen LogP contribution in [-0.4, -0.2) is 12.8 Å². The molecule has 3 nitrogen and oxygen atoms in total. The molecule has 0 atom stereocenters. The Hall–Kier alpha value is -2.63. The summed E-state index contributed by atoms with van der Waals surface area (Å²) in [5, 5.41) is 2.42. The third-order valence-electron chi connectivity index (χ3n) is 4.78. The molecule has 0 aliphatic heterocycles. The fraction of sp³-hybridized carbons (Fsp3) is 0.115. The summed E-state index contributed by atoms with van der Waals surface area (Å²) >= 11 is 7.28. The lowest BCUT2D eigenvalue weighted by molar-refractivity contribution is 0.303. The first kappa shape index (κ1) is 21.6. The zero-order valence-electron chi connectivity index (χ0n) is 17.0. The van der Waals surface area contributed by atoms with Crippen LogP contribution in [0.3, 0.4) is 0 Å². The van der Waals surface area contributed by atoms with Gasteiger partial charge in [0, 0.05) is 6.21 Å². The Balaban J connectivity index is 1.49. The van der Waals surface area contributed by atoms with E-state index in [2.05, 4.69) is 73.3 Å². The number of nitrogens with zero attached hydrogens (tertiary/aromatic N) is 1. The van der Waals surface area contributed by atoms with E-state index in [1.807, 2.05) is 55.6 Å². The van der Waals surface area contributed by atoms with Crippen molar-refractivity contribution in [2.75, 3.05) is 6.61 Å². The van der Waals surface area contributed by atoms with E-state index in [9.17, 15) is 0 Å².